The van der Waals surface area contributed by atoms with E-state index in [0.29, 0.717) is 36.5 Å². The molecule has 1 aromatic heterocycles. The van der Waals surface area contributed by atoms with Gasteiger partial charge in [-0.1, -0.05) is 12.1 Å². The van der Waals surface area contributed by atoms with Crippen molar-refractivity contribution < 1.29 is 14.3 Å². The van der Waals surface area contributed by atoms with Gasteiger partial charge in [-0.05, 0) is 25.0 Å². The summed E-state index contributed by atoms with van der Waals surface area (Å²) in [6.07, 6.45) is 0.891. The van der Waals surface area contributed by atoms with Crippen LogP contribution in [0, 0.1) is 0 Å². The first-order valence-corrected chi connectivity index (χ1v) is 6.53. The Balaban J connectivity index is 2.36. The molecule has 2 aromatic rings. The number of nitrogens with two attached hydrogens (primary N) is 1. The molecule has 1 aromatic carbocycles. The Morgan fingerprint density at radius 2 is 2.20 bits per heavy atom. The molecule has 0 bridgehead atoms. The third-order valence-corrected chi connectivity index (χ3v) is 3.05. The first-order valence-electron chi connectivity index (χ1n) is 6.53. The van der Waals surface area contributed by atoms with Crippen LogP contribution in [0.5, 0.6) is 5.88 Å². The number of aromatic nitrogens is 1. The lowest BCUT2D eigenvalue weighted by atomic mass is 10.0. The number of nitrogen functional groups attached to an aromatic ring is 1. The zero-order chi connectivity index (χ0) is 14.5. The second-order valence-corrected chi connectivity index (χ2v) is 4.37. The van der Waals surface area contributed by atoms with Crippen molar-refractivity contribution in [3.63, 3.8) is 0 Å². The van der Waals surface area contributed by atoms with Gasteiger partial charge in [0.2, 0.25) is 5.88 Å². The highest BCUT2D eigenvalue weighted by molar-refractivity contribution is 5.92. The minimum absolute atomic E-state index is 0.208. The van der Waals surface area contributed by atoms with Gasteiger partial charge in [-0.15, -0.1) is 0 Å². The molecule has 2 rings (SSSR count). The summed E-state index contributed by atoms with van der Waals surface area (Å²) in [5, 5.41) is 0.940. The second kappa shape index (κ2) is 6.23. The molecular formula is C15H18N2O3. The van der Waals surface area contributed by atoms with Crippen LogP contribution in [-0.2, 0) is 16.0 Å². The predicted molar refractivity (Wildman–Crippen MR) is 77.7 cm³/mol. The fourth-order valence-electron chi connectivity index (χ4n) is 2.10. The van der Waals surface area contributed by atoms with Crippen molar-refractivity contribution in [1.82, 2.24) is 4.98 Å². The molecule has 5 heteroatoms. The Morgan fingerprint density at radius 1 is 1.40 bits per heavy atom. The van der Waals surface area contributed by atoms with Crippen LogP contribution >= 0.6 is 0 Å². The van der Waals surface area contributed by atoms with Crippen molar-refractivity contribution in [2.24, 2.45) is 0 Å². The lowest BCUT2D eigenvalue weighted by Gasteiger charge is -2.10. The van der Waals surface area contributed by atoms with Gasteiger partial charge in [0, 0.05) is 17.9 Å². The lowest BCUT2D eigenvalue weighted by molar-refractivity contribution is -0.143. The normalized spacial score (nSPS) is 10.5. The zero-order valence-electron chi connectivity index (χ0n) is 11.7. The maximum absolute atomic E-state index is 11.5. The zero-order valence-corrected chi connectivity index (χ0v) is 11.7. The third kappa shape index (κ3) is 2.99. The van der Waals surface area contributed by atoms with E-state index in [1.54, 1.807) is 20.1 Å². The molecule has 0 fully saturated rings. The van der Waals surface area contributed by atoms with Gasteiger partial charge in [0.25, 0.3) is 0 Å². The van der Waals surface area contributed by atoms with Crippen molar-refractivity contribution in [2.75, 3.05) is 19.5 Å². The van der Waals surface area contributed by atoms with E-state index in [-0.39, 0.29) is 5.97 Å². The molecule has 1 heterocycles. The number of rotatable bonds is 5. The molecule has 20 heavy (non-hydrogen) atoms. The average Bonchev–Trinajstić information content (AvgIpc) is 2.45. The quantitative estimate of drug-likeness (QED) is 0.669. The number of ether oxygens (including phenoxy) is 2. The molecule has 0 aliphatic rings. The molecule has 0 saturated carbocycles. The van der Waals surface area contributed by atoms with Crippen LogP contribution in [0.4, 0.5) is 5.69 Å². The number of aryl methyl sites for hydroxylation is 1. The monoisotopic (exact) mass is 274 g/mol. The highest BCUT2D eigenvalue weighted by Gasteiger charge is 2.10. The topological polar surface area (TPSA) is 74.4 Å². The average molecular weight is 274 g/mol. The van der Waals surface area contributed by atoms with Crippen LogP contribution in [-0.4, -0.2) is 24.7 Å². The SMILES string of the molecule is CCOC(=O)CCc1cc(OC)nc2c(N)cccc12. The smallest absolute Gasteiger partial charge is 0.306 e. The fraction of sp³-hybridized carbons (Fsp3) is 0.333. The number of hydrogen-bond donors (Lipinski definition) is 1. The van der Waals surface area contributed by atoms with Gasteiger partial charge >= 0.3 is 5.97 Å². The molecule has 0 atom stereocenters. The Bertz CT molecular complexity index is 626. The van der Waals surface area contributed by atoms with Crippen molar-refractivity contribution in [1.29, 1.82) is 0 Å². The number of esters is 1. The summed E-state index contributed by atoms with van der Waals surface area (Å²) in [5.74, 6) is 0.287. The Hall–Kier alpha value is -2.30. The Kier molecular flexibility index (Phi) is 4.40. The van der Waals surface area contributed by atoms with Crippen LogP contribution < -0.4 is 10.5 Å². The number of para-hydroxylation sites is 1. The van der Waals surface area contributed by atoms with Gasteiger partial charge in [0.15, 0.2) is 0 Å². The van der Waals surface area contributed by atoms with Gasteiger partial charge in [-0.2, -0.15) is 0 Å². The van der Waals surface area contributed by atoms with Crippen LogP contribution in [0.3, 0.4) is 0 Å². The summed E-state index contributed by atoms with van der Waals surface area (Å²) in [5.41, 5.74) is 8.22. The highest BCUT2D eigenvalue weighted by Crippen LogP contribution is 2.27. The summed E-state index contributed by atoms with van der Waals surface area (Å²) in [6, 6.07) is 7.45. The number of nitrogens with zero attached hydrogens (tertiary/aromatic N) is 1. The summed E-state index contributed by atoms with van der Waals surface area (Å²) in [6.45, 7) is 2.19. The number of carbonyl (C=O) groups is 1. The third-order valence-electron chi connectivity index (χ3n) is 3.05. The van der Waals surface area contributed by atoms with Crippen LogP contribution in [0.2, 0.25) is 0 Å². The maximum Gasteiger partial charge on any atom is 0.306 e. The second-order valence-electron chi connectivity index (χ2n) is 4.37. The fourth-order valence-corrected chi connectivity index (χ4v) is 2.10. The molecule has 0 spiro atoms. The molecule has 0 amide bonds. The van der Waals surface area contributed by atoms with Crippen LogP contribution in [0.1, 0.15) is 18.9 Å². The van der Waals surface area contributed by atoms with Gasteiger partial charge in [-0.3, -0.25) is 4.79 Å². The molecule has 0 aliphatic heterocycles. The van der Waals surface area contributed by atoms with Gasteiger partial charge < -0.3 is 15.2 Å². The number of fused-ring (bicyclic) bond motifs is 1. The Morgan fingerprint density at radius 3 is 2.90 bits per heavy atom. The predicted octanol–water partition coefficient (Wildman–Crippen LogP) is 2.32. The van der Waals surface area contributed by atoms with E-state index in [9.17, 15) is 4.79 Å². The molecule has 0 saturated heterocycles. The molecule has 0 unspecified atom stereocenters. The maximum atomic E-state index is 11.5. The largest absolute Gasteiger partial charge is 0.481 e. The first-order chi connectivity index (χ1) is 9.65. The highest BCUT2D eigenvalue weighted by atomic mass is 16.5. The molecule has 0 aliphatic carbocycles. The summed E-state index contributed by atoms with van der Waals surface area (Å²) in [4.78, 5) is 15.8. The number of methoxy groups -OCH3 is 1. The van der Waals surface area contributed by atoms with Crippen molar-refractivity contribution in [2.45, 2.75) is 19.8 Å². The van der Waals surface area contributed by atoms with Crippen molar-refractivity contribution >= 4 is 22.6 Å². The minimum atomic E-state index is -0.208. The number of pyridine rings is 1. The molecular weight excluding hydrogens is 256 g/mol. The van der Waals surface area contributed by atoms with Gasteiger partial charge in [0.05, 0.1) is 24.9 Å². The van der Waals surface area contributed by atoms with Crippen LogP contribution in [0.25, 0.3) is 10.9 Å². The lowest BCUT2D eigenvalue weighted by Crippen LogP contribution is -2.06. The van der Waals surface area contributed by atoms with E-state index >= 15 is 0 Å². The summed E-state index contributed by atoms with van der Waals surface area (Å²) < 4.78 is 10.1. The van der Waals surface area contributed by atoms with E-state index in [4.69, 9.17) is 15.2 Å². The van der Waals surface area contributed by atoms with E-state index < -0.39 is 0 Å². The standard InChI is InChI=1S/C15H18N2O3/c1-3-20-14(18)8-7-10-9-13(19-2)17-15-11(10)5-4-6-12(15)16/h4-6,9H,3,7-8,16H2,1-2H3. The van der Waals surface area contributed by atoms with E-state index in [1.165, 1.54) is 0 Å². The number of hydrogen-bond acceptors (Lipinski definition) is 5. The molecule has 5 nitrogen and oxygen atoms in total. The summed E-state index contributed by atoms with van der Waals surface area (Å²) >= 11 is 0. The number of benzene rings is 1. The van der Waals surface area contributed by atoms with Crippen molar-refractivity contribution in [3.8, 4) is 5.88 Å². The van der Waals surface area contributed by atoms with E-state index in [1.807, 2.05) is 18.2 Å². The number of carbonyl (C=O) groups excluding carboxylic acids is 1. The molecule has 106 valence electrons. The van der Waals surface area contributed by atoms with Crippen LogP contribution in [0.15, 0.2) is 24.3 Å². The van der Waals surface area contributed by atoms with E-state index in [2.05, 4.69) is 4.98 Å². The first kappa shape index (κ1) is 14.1. The van der Waals surface area contributed by atoms with Crippen molar-refractivity contribution in [3.05, 3.63) is 29.8 Å². The molecule has 0 radical (unpaired) electrons. The van der Waals surface area contributed by atoms with E-state index in [0.717, 1.165) is 10.9 Å². The summed E-state index contributed by atoms with van der Waals surface area (Å²) in [7, 11) is 1.56. The molecule has 2 N–H and O–H groups in total. The minimum Gasteiger partial charge on any atom is -0.481 e. The van der Waals surface area contributed by atoms with Gasteiger partial charge in [0.1, 0.15) is 0 Å². The van der Waals surface area contributed by atoms with Gasteiger partial charge in [-0.25, -0.2) is 4.98 Å². The number of anilines is 1. The Labute approximate surface area is 117 Å².